The molecule has 0 aliphatic rings. The summed E-state index contributed by atoms with van der Waals surface area (Å²) in [6, 6.07) is 6.22. The van der Waals surface area contributed by atoms with E-state index in [9.17, 15) is 9.90 Å². The number of aryl methyl sites for hydroxylation is 1. The van der Waals surface area contributed by atoms with Crippen molar-refractivity contribution in [3.05, 3.63) is 41.4 Å². The van der Waals surface area contributed by atoms with Crippen molar-refractivity contribution in [2.75, 3.05) is 12.4 Å². The Morgan fingerprint density at radius 2 is 2.19 bits per heavy atom. The van der Waals surface area contributed by atoms with Crippen LogP contribution >= 0.6 is 11.6 Å². The van der Waals surface area contributed by atoms with Crippen molar-refractivity contribution in [3.63, 3.8) is 0 Å². The fourth-order valence-corrected chi connectivity index (χ4v) is 2.33. The Bertz CT molecular complexity index is 1050. The van der Waals surface area contributed by atoms with Crippen LogP contribution in [-0.2, 0) is 26.5 Å². The number of halogens is 1. The molecular weight excluding hydrogens is 413 g/mol. The number of ether oxygens (including phenoxy) is 1. The number of para-hydroxylation sites is 1. The van der Waals surface area contributed by atoms with Crippen LogP contribution in [0, 0.1) is 0 Å². The van der Waals surface area contributed by atoms with Crippen LogP contribution in [0.1, 0.15) is 14.6 Å². The summed E-state index contributed by atoms with van der Waals surface area (Å²) in [6.45, 7) is -2.47. The van der Waals surface area contributed by atoms with Crippen LogP contribution in [0.4, 0.5) is 11.4 Å². The molecule has 0 aliphatic carbocycles. The molecule has 0 atom stereocenters. The van der Waals surface area contributed by atoms with E-state index in [0.717, 1.165) is 11.0 Å². The average molecular weight is 429 g/mol. The number of rotatable bonds is 5. The van der Waals surface area contributed by atoms with Gasteiger partial charge in [-0.2, -0.15) is 5.10 Å². The molecule has 0 saturated carbocycles. The SMILES string of the molecule is [2H]C([2H])([2H])n1cnc(-c2cccc(Nc3cc(Cl)nnc3C(=O)O)c2OC)n1.[Zn]. The first-order chi connectivity index (χ1) is 13.2. The van der Waals surface area contributed by atoms with Gasteiger partial charge >= 0.3 is 5.97 Å². The van der Waals surface area contributed by atoms with E-state index in [1.807, 2.05) is 0 Å². The zero-order valence-electron chi connectivity index (χ0n) is 16.5. The maximum atomic E-state index is 11.4. The summed E-state index contributed by atoms with van der Waals surface area (Å²) in [6.07, 6.45) is 1.09. The van der Waals surface area contributed by atoms with Crippen LogP contribution in [0.25, 0.3) is 11.4 Å². The maximum absolute atomic E-state index is 11.4. The summed E-state index contributed by atoms with van der Waals surface area (Å²) in [7, 11) is 1.40. The van der Waals surface area contributed by atoms with Crippen molar-refractivity contribution in [2.24, 2.45) is 6.98 Å². The number of carbonyl (C=O) groups is 1. The monoisotopic (exact) mass is 427 g/mol. The molecule has 0 spiro atoms. The molecule has 130 valence electrons. The van der Waals surface area contributed by atoms with Crippen molar-refractivity contribution in [3.8, 4) is 17.1 Å². The van der Waals surface area contributed by atoms with Gasteiger partial charge < -0.3 is 15.2 Å². The van der Waals surface area contributed by atoms with Crippen molar-refractivity contribution in [1.82, 2.24) is 25.0 Å². The number of hydrogen-bond donors (Lipinski definition) is 2. The predicted octanol–water partition coefficient (Wildman–Crippen LogP) is 2.37. The summed E-state index contributed by atoms with van der Waals surface area (Å²) in [4.78, 5) is 15.4. The Labute approximate surface area is 170 Å². The van der Waals surface area contributed by atoms with Gasteiger partial charge in [0, 0.05) is 36.6 Å². The molecule has 11 heteroatoms. The van der Waals surface area contributed by atoms with Crippen molar-refractivity contribution in [1.29, 1.82) is 0 Å². The third-order valence-corrected chi connectivity index (χ3v) is 3.37. The van der Waals surface area contributed by atoms with E-state index in [1.165, 1.54) is 13.2 Å². The van der Waals surface area contributed by atoms with Gasteiger partial charge in [-0.15, -0.1) is 10.2 Å². The summed E-state index contributed by atoms with van der Waals surface area (Å²) in [5.41, 5.74) is 0.544. The van der Waals surface area contributed by atoms with Crippen LogP contribution in [0.3, 0.4) is 0 Å². The van der Waals surface area contributed by atoms with Crippen molar-refractivity contribution >= 4 is 28.9 Å². The average Bonchev–Trinajstić information content (AvgIpc) is 3.11. The Kier molecular flexibility index (Phi) is 4.94. The van der Waals surface area contributed by atoms with E-state index < -0.39 is 12.9 Å². The van der Waals surface area contributed by atoms with Gasteiger partial charge in [0.05, 0.1) is 24.0 Å². The Balaban J connectivity index is 0.00000300. The minimum absolute atomic E-state index is 0. The Hall–Kier alpha value is -2.58. The van der Waals surface area contributed by atoms with Crippen LogP contribution in [0.15, 0.2) is 30.6 Å². The molecule has 2 heterocycles. The molecule has 0 unspecified atom stereocenters. The summed E-state index contributed by atoms with van der Waals surface area (Å²) >= 11 is 5.82. The molecule has 3 aromatic rings. The van der Waals surface area contributed by atoms with E-state index in [1.54, 1.807) is 18.2 Å². The van der Waals surface area contributed by atoms with Crippen LogP contribution in [-0.4, -0.2) is 43.1 Å². The second kappa shape index (κ2) is 8.20. The Morgan fingerprint density at radius 3 is 2.85 bits per heavy atom. The number of anilines is 2. The number of carboxylic acid groups (broad SMARTS) is 1. The normalized spacial score (nSPS) is 12.3. The molecule has 9 nitrogen and oxygen atoms in total. The largest absolute Gasteiger partial charge is 0.494 e. The first-order valence-electron chi connectivity index (χ1n) is 8.33. The first-order valence-corrected chi connectivity index (χ1v) is 7.21. The zero-order valence-corrected chi connectivity index (χ0v) is 17.2. The quantitative estimate of drug-likeness (QED) is 0.595. The van der Waals surface area contributed by atoms with Crippen LogP contribution in [0.2, 0.25) is 5.15 Å². The molecule has 2 N–H and O–H groups in total. The number of nitrogens with one attached hydrogen (secondary N) is 1. The molecule has 1 aromatic carbocycles. The van der Waals surface area contributed by atoms with Crippen molar-refractivity contribution < 1.29 is 38.2 Å². The molecule has 0 radical (unpaired) electrons. The number of hydrogen-bond acceptors (Lipinski definition) is 7. The fourth-order valence-electron chi connectivity index (χ4n) is 2.18. The van der Waals surface area contributed by atoms with Crippen LogP contribution < -0.4 is 10.1 Å². The van der Waals surface area contributed by atoms with E-state index in [2.05, 4.69) is 25.6 Å². The van der Waals surface area contributed by atoms with Crippen LogP contribution in [0.5, 0.6) is 5.75 Å². The summed E-state index contributed by atoms with van der Waals surface area (Å²) < 4.78 is 28.4. The van der Waals surface area contributed by atoms with Gasteiger partial charge in [0.2, 0.25) is 0 Å². The topological polar surface area (TPSA) is 115 Å². The van der Waals surface area contributed by atoms with E-state index >= 15 is 0 Å². The third kappa shape index (κ3) is 3.97. The maximum Gasteiger partial charge on any atom is 0.358 e. The van der Waals surface area contributed by atoms with Gasteiger partial charge in [-0.25, -0.2) is 9.78 Å². The molecule has 0 fully saturated rings. The number of methoxy groups -OCH3 is 1. The molecule has 0 saturated heterocycles. The minimum atomic E-state index is -2.47. The molecule has 26 heavy (non-hydrogen) atoms. The molecular formula is C15H13ClN6O3Zn. The molecule has 3 rings (SSSR count). The molecule has 0 bridgehead atoms. The first kappa shape index (κ1) is 15.7. The molecule has 2 aromatic heterocycles. The number of carboxylic acids is 1. The zero-order chi connectivity index (χ0) is 20.5. The second-order valence-corrected chi connectivity index (χ2v) is 5.15. The van der Waals surface area contributed by atoms with Gasteiger partial charge in [0.1, 0.15) is 6.33 Å². The van der Waals surface area contributed by atoms with E-state index in [-0.39, 0.29) is 47.6 Å². The van der Waals surface area contributed by atoms with Gasteiger partial charge in [0.25, 0.3) is 0 Å². The summed E-state index contributed by atoms with van der Waals surface area (Å²) in [5.74, 6) is -0.893. The third-order valence-electron chi connectivity index (χ3n) is 3.19. The molecule has 0 amide bonds. The second-order valence-electron chi connectivity index (χ2n) is 4.76. The number of nitrogens with zero attached hydrogens (tertiary/aromatic N) is 5. The number of aromatic carboxylic acids is 1. The van der Waals surface area contributed by atoms with Crippen molar-refractivity contribution in [2.45, 2.75) is 0 Å². The Morgan fingerprint density at radius 1 is 1.38 bits per heavy atom. The van der Waals surface area contributed by atoms with E-state index in [4.69, 9.17) is 20.5 Å². The summed E-state index contributed by atoms with van der Waals surface area (Å²) in [5, 5.41) is 23.2. The van der Waals surface area contributed by atoms with E-state index in [0.29, 0.717) is 11.3 Å². The van der Waals surface area contributed by atoms with Gasteiger partial charge in [0.15, 0.2) is 22.4 Å². The number of aromatic nitrogens is 5. The predicted molar refractivity (Wildman–Crippen MR) is 90.3 cm³/mol. The van der Waals surface area contributed by atoms with Gasteiger partial charge in [-0.1, -0.05) is 17.7 Å². The van der Waals surface area contributed by atoms with Gasteiger partial charge in [-0.3, -0.25) is 4.68 Å². The smallest absolute Gasteiger partial charge is 0.358 e. The molecule has 0 aliphatic heterocycles. The number of benzene rings is 1. The van der Waals surface area contributed by atoms with Gasteiger partial charge in [-0.05, 0) is 12.1 Å². The fraction of sp³-hybridized carbons (Fsp3) is 0.133. The standard InChI is InChI=1S/C15H13ClN6O3.Zn/c1-22-7-17-14(21-22)8-4-3-5-9(13(8)25-2)18-10-6-11(16)19-20-12(10)15(23)24;/h3-7H,1-2H3,(H,18,19)(H,23,24);/i1D3;. The minimum Gasteiger partial charge on any atom is -0.494 e.